The number of hydrogen-bond acceptors (Lipinski definition) is 4. The summed E-state index contributed by atoms with van der Waals surface area (Å²) in [5.41, 5.74) is -0.216. The maximum atomic E-state index is 13.0. The topological polar surface area (TPSA) is 38.2 Å². The number of halogens is 4. The Kier molecular flexibility index (Phi) is 5.33. The van der Waals surface area contributed by atoms with Gasteiger partial charge in [-0.2, -0.15) is 18.2 Å². The molecule has 0 aliphatic carbocycles. The van der Waals surface area contributed by atoms with E-state index in [1.165, 1.54) is 0 Å². The molecule has 8 heteroatoms. The lowest BCUT2D eigenvalue weighted by molar-refractivity contribution is -0.139. The average Bonchev–Trinajstić information content (AvgIpc) is 2.45. The molecule has 0 spiro atoms. The number of hydrogen-bond donors (Lipinski definition) is 0. The summed E-state index contributed by atoms with van der Waals surface area (Å²) in [6, 6.07) is 7.46. The van der Waals surface area contributed by atoms with Crippen molar-refractivity contribution in [2.24, 2.45) is 0 Å². The van der Waals surface area contributed by atoms with Crippen LogP contribution in [-0.4, -0.2) is 23.1 Å². The lowest BCUT2D eigenvalue weighted by atomic mass is 10.3. The summed E-state index contributed by atoms with van der Waals surface area (Å²) in [5.74, 6) is -0.329. The van der Waals surface area contributed by atoms with Crippen molar-refractivity contribution < 1.29 is 17.9 Å². The molecule has 0 saturated heterocycles. The molecule has 0 amide bonds. The minimum Gasteiger partial charge on any atom is -0.474 e. The van der Waals surface area contributed by atoms with Gasteiger partial charge in [0.15, 0.2) is 0 Å². The maximum Gasteiger partial charge on any atom is 0.423 e. The second-order valence-corrected chi connectivity index (χ2v) is 6.33. The minimum atomic E-state index is -4.57. The molecule has 0 fully saturated rings. The van der Waals surface area contributed by atoms with Gasteiger partial charge in [-0.1, -0.05) is 0 Å². The van der Waals surface area contributed by atoms with E-state index in [1.54, 1.807) is 25.8 Å². The Bertz CT molecular complexity index is 675. The van der Waals surface area contributed by atoms with Gasteiger partial charge in [0.25, 0.3) is 0 Å². The van der Waals surface area contributed by atoms with Crippen LogP contribution in [0.1, 0.15) is 19.4 Å². The lowest BCUT2D eigenvalue weighted by Gasteiger charge is -2.20. The number of nitrogens with zero attached hydrogens (tertiary/aromatic N) is 3. The van der Waals surface area contributed by atoms with E-state index >= 15 is 0 Å². The van der Waals surface area contributed by atoms with Gasteiger partial charge in [-0.25, -0.2) is 4.98 Å². The fourth-order valence-corrected chi connectivity index (χ4v) is 2.17. The first-order chi connectivity index (χ1) is 10.7. The van der Waals surface area contributed by atoms with Gasteiger partial charge in [0.1, 0.15) is 5.56 Å². The zero-order valence-corrected chi connectivity index (χ0v) is 14.9. The summed E-state index contributed by atoms with van der Waals surface area (Å²) in [4.78, 5) is 9.37. The van der Waals surface area contributed by atoms with Gasteiger partial charge in [0.2, 0.25) is 11.8 Å². The zero-order chi connectivity index (χ0) is 17.2. The van der Waals surface area contributed by atoms with Crippen molar-refractivity contribution in [2.75, 3.05) is 11.9 Å². The number of anilines is 2. The van der Waals surface area contributed by atoms with Gasteiger partial charge in [0, 0.05) is 22.5 Å². The second kappa shape index (κ2) is 6.90. The molecular formula is C15H15F3IN3O. The number of alkyl halides is 3. The molecule has 0 aliphatic heterocycles. The number of ether oxygens (including phenoxy) is 1. The summed E-state index contributed by atoms with van der Waals surface area (Å²) >= 11 is 2.17. The Morgan fingerprint density at radius 3 is 2.30 bits per heavy atom. The zero-order valence-electron chi connectivity index (χ0n) is 12.7. The van der Waals surface area contributed by atoms with Gasteiger partial charge in [-0.3, -0.25) is 0 Å². The Hall–Kier alpha value is -1.58. The standard InChI is InChI=1S/C15H15F3IN3O/c1-9(2)23-13-12(15(16,17)18)8-20-14(21-13)22(3)11-6-4-10(19)5-7-11/h4-9H,1-3H3. The van der Waals surface area contributed by atoms with E-state index in [0.29, 0.717) is 0 Å². The summed E-state index contributed by atoms with van der Waals surface area (Å²) in [5, 5.41) is 0. The molecule has 0 bridgehead atoms. The molecule has 2 rings (SSSR count). The predicted molar refractivity (Wildman–Crippen MR) is 90.0 cm³/mol. The molecule has 23 heavy (non-hydrogen) atoms. The molecule has 0 aliphatic rings. The second-order valence-electron chi connectivity index (χ2n) is 5.09. The molecule has 0 saturated carbocycles. The Balaban J connectivity index is 2.41. The molecule has 4 nitrogen and oxygen atoms in total. The van der Waals surface area contributed by atoms with Gasteiger partial charge < -0.3 is 9.64 Å². The van der Waals surface area contributed by atoms with Crippen molar-refractivity contribution in [2.45, 2.75) is 26.1 Å². The van der Waals surface area contributed by atoms with E-state index in [9.17, 15) is 13.2 Å². The van der Waals surface area contributed by atoms with Crippen molar-refractivity contribution in [3.8, 4) is 5.88 Å². The largest absolute Gasteiger partial charge is 0.474 e. The van der Waals surface area contributed by atoms with Gasteiger partial charge in [-0.15, -0.1) is 0 Å². The first kappa shape index (κ1) is 17.8. The van der Waals surface area contributed by atoms with E-state index < -0.39 is 23.7 Å². The molecule has 0 N–H and O–H groups in total. The molecule has 2 aromatic rings. The molecule has 1 heterocycles. The quantitative estimate of drug-likeness (QED) is 0.653. The van der Waals surface area contributed by atoms with Gasteiger partial charge >= 0.3 is 6.18 Å². The van der Waals surface area contributed by atoms with Crippen LogP contribution in [0.15, 0.2) is 30.5 Å². The predicted octanol–water partition coefficient (Wildman–Crippen LogP) is 4.66. The van der Waals surface area contributed by atoms with Crippen LogP contribution in [0.5, 0.6) is 5.88 Å². The van der Waals surface area contributed by atoms with E-state index in [2.05, 4.69) is 32.6 Å². The first-order valence-corrected chi connectivity index (χ1v) is 7.86. The molecule has 124 valence electrons. The van der Waals surface area contributed by atoms with Crippen LogP contribution in [0.2, 0.25) is 0 Å². The lowest BCUT2D eigenvalue weighted by Crippen LogP contribution is -2.19. The molecule has 0 radical (unpaired) electrons. The fourth-order valence-electron chi connectivity index (χ4n) is 1.81. The van der Waals surface area contributed by atoms with Crippen LogP contribution in [0, 0.1) is 3.57 Å². The maximum absolute atomic E-state index is 13.0. The summed E-state index contributed by atoms with van der Waals surface area (Å²) in [6.45, 7) is 3.29. The van der Waals surface area contributed by atoms with Gasteiger partial charge in [0.05, 0.1) is 6.10 Å². The third-order valence-electron chi connectivity index (χ3n) is 2.91. The fraction of sp³-hybridized carbons (Fsp3) is 0.333. The molecular weight excluding hydrogens is 422 g/mol. The highest BCUT2D eigenvalue weighted by Gasteiger charge is 2.36. The van der Waals surface area contributed by atoms with Crippen LogP contribution in [0.25, 0.3) is 0 Å². The molecule has 1 aromatic heterocycles. The van der Waals surface area contributed by atoms with Crippen LogP contribution in [-0.2, 0) is 6.18 Å². The molecule has 0 atom stereocenters. The van der Waals surface area contributed by atoms with Gasteiger partial charge in [-0.05, 0) is 60.7 Å². The molecule has 1 aromatic carbocycles. The SMILES string of the molecule is CC(C)Oc1nc(N(C)c2ccc(I)cc2)ncc1C(F)(F)F. The highest BCUT2D eigenvalue weighted by molar-refractivity contribution is 14.1. The van der Waals surface area contributed by atoms with E-state index in [4.69, 9.17) is 4.74 Å². The summed E-state index contributed by atoms with van der Waals surface area (Å²) in [7, 11) is 1.68. The van der Waals surface area contributed by atoms with Crippen molar-refractivity contribution in [3.63, 3.8) is 0 Å². The van der Waals surface area contributed by atoms with Crippen molar-refractivity contribution in [3.05, 3.63) is 39.6 Å². The van der Waals surface area contributed by atoms with Crippen LogP contribution in [0.4, 0.5) is 24.8 Å². The minimum absolute atomic E-state index is 0.134. The normalized spacial score (nSPS) is 11.7. The highest BCUT2D eigenvalue weighted by Crippen LogP contribution is 2.36. The van der Waals surface area contributed by atoms with Crippen molar-refractivity contribution >= 4 is 34.2 Å². The third-order valence-corrected chi connectivity index (χ3v) is 3.63. The van der Waals surface area contributed by atoms with Crippen molar-refractivity contribution in [1.29, 1.82) is 0 Å². The monoisotopic (exact) mass is 437 g/mol. The Morgan fingerprint density at radius 1 is 1.17 bits per heavy atom. The smallest absolute Gasteiger partial charge is 0.423 e. The number of aromatic nitrogens is 2. The van der Waals surface area contributed by atoms with E-state index in [1.807, 2.05) is 24.3 Å². The van der Waals surface area contributed by atoms with E-state index in [-0.39, 0.29) is 5.95 Å². The van der Waals surface area contributed by atoms with Crippen molar-refractivity contribution in [1.82, 2.24) is 9.97 Å². The number of benzene rings is 1. The van der Waals surface area contributed by atoms with E-state index in [0.717, 1.165) is 15.5 Å². The Labute approximate surface area is 145 Å². The summed E-state index contributed by atoms with van der Waals surface area (Å²) in [6.07, 6.45) is -4.24. The Morgan fingerprint density at radius 2 is 1.78 bits per heavy atom. The van der Waals surface area contributed by atoms with Crippen LogP contribution in [0.3, 0.4) is 0 Å². The number of rotatable bonds is 4. The third kappa shape index (κ3) is 4.46. The summed E-state index contributed by atoms with van der Waals surface area (Å²) < 4.78 is 45.3. The molecule has 0 unspecified atom stereocenters. The highest BCUT2D eigenvalue weighted by atomic mass is 127. The van der Waals surface area contributed by atoms with Crippen LogP contribution >= 0.6 is 22.6 Å². The first-order valence-electron chi connectivity index (χ1n) is 6.78. The van der Waals surface area contributed by atoms with Crippen LogP contribution < -0.4 is 9.64 Å². The average molecular weight is 437 g/mol.